The highest BCUT2D eigenvalue weighted by molar-refractivity contribution is 5.98. The summed E-state index contributed by atoms with van der Waals surface area (Å²) in [7, 11) is 1.59. The molecule has 2 aromatic rings. The number of benzene rings is 2. The van der Waals surface area contributed by atoms with E-state index < -0.39 is 6.04 Å². The van der Waals surface area contributed by atoms with Gasteiger partial charge >= 0.3 is 0 Å². The van der Waals surface area contributed by atoms with Crippen molar-refractivity contribution in [3.8, 4) is 5.75 Å². The Morgan fingerprint density at radius 1 is 0.906 bits per heavy atom. The van der Waals surface area contributed by atoms with Crippen molar-refractivity contribution in [1.29, 1.82) is 0 Å². The first kappa shape index (κ1) is 22.3. The highest BCUT2D eigenvalue weighted by atomic mass is 16.5. The van der Waals surface area contributed by atoms with Crippen molar-refractivity contribution in [3.63, 3.8) is 0 Å². The molecular weight excluding hydrogens is 402 g/mol. The summed E-state index contributed by atoms with van der Waals surface area (Å²) < 4.78 is 5.17. The fourth-order valence-electron chi connectivity index (χ4n) is 4.83. The molecule has 4 rings (SSSR count). The highest BCUT2D eigenvalue weighted by Gasteiger charge is 2.32. The highest BCUT2D eigenvalue weighted by Crippen LogP contribution is 2.25. The molecule has 1 heterocycles. The number of rotatable bonds is 6. The average Bonchev–Trinajstić information content (AvgIpc) is 2.88. The van der Waals surface area contributed by atoms with Crippen LogP contribution in [0, 0.1) is 0 Å². The van der Waals surface area contributed by atoms with Gasteiger partial charge in [-0.15, -0.1) is 0 Å². The van der Waals surface area contributed by atoms with E-state index in [1.165, 1.54) is 32.1 Å². The lowest BCUT2D eigenvalue weighted by atomic mass is 9.93. The van der Waals surface area contributed by atoms with E-state index in [-0.39, 0.29) is 11.8 Å². The smallest absolute Gasteiger partial charge is 0.252 e. The van der Waals surface area contributed by atoms with E-state index in [4.69, 9.17) is 4.74 Å². The van der Waals surface area contributed by atoms with Crippen molar-refractivity contribution < 1.29 is 14.3 Å². The quantitative estimate of drug-likeness (QED) is 0.753. The number of amides is 2. The lowest BCUT2D eigenvalue weighted by Gasteiger charge is -2.41. The van der Waals surface area contributed by atoms with Gasteiger partial charge in [-0.05, 0) is 42.7 Å². The summed E-state index contributed by atoms with van der Waals surface area (Å²) in [5.41, 5.74) is 1.30. The molecular formula is C26H33N3O3. The molecule has 170 valence electrons. The first-order valence-electron chi connectivity index (χ1n) is 11.7. The second kappa shape index (κ2) is 10.6. The van der Waals surface area contributed by atoms with Gasteiger partial charge in [-0.1, -0.05) is 49.6 Å². The van der Waals surface area contributed by atoms with Gasteiger partial charge < -0.3 is 15.0 Å². The number of carbonyl (C=O) groups excluding carboxylic acids is 2. The Kier molecular flexibility index (Phi) is 7.43. The molecule has 6 heteroatoms. The third-order valence-electron chi connectivity index (χ3n) is 6.72. The standard InChI is InChI=1S/C26H33N3O3/c1-32-23-14-12-21(13-15-23)25(30)27-24(20-8-4-2-5-9-20)26(31)29-18-16-28(17-19-29)22-10-6-3-7-11-22/h2,4-5,8-9,12-15,22,24H,3,6-7,10-11,16-19H2,1H3,(H,27,30)/t24-/m1/s1. The molecule has 1 aliphatic carbocycles. The molecule has 1 aliphatic heterocycles. The van der Waals surface area contributed by atoms with Crippen molar-refractivity contribution in [3.05, 3.63) is 65.7 Å². The van der Waals surface area contributed by atoms with E-state index in [0.717, 1.165) is 18.7 Å². The van der Waals surface area contributed by atoms with E-state index in [1.807, 2.05) is 35.2 Å². The number of hydrogen-bond acceptors (Lipinski definition) is 4. The first-order chi connectivity index (χ1) is 15.7. The van der Waals surface area contributed by atoms with Crippen molar-refractivity contribution >= 4 is 11.8 Å². The molecule has 2 aliphatic rings. The minimum atomic E-state index is -0.702. The Morgan fingerprint density at radius 2 is 1.56 bits per heavy atom. The summed E-state index contributed by atoms with van der Waals surface area (Å²) in [6, 6.07) is 16.4. The molecule has 1 saturated carbocycles. The Labute approximate surface area is 190 Å². The van der Waals surface area contributed by atoms with Gasteiger partial charge in [0.05, 0.1) is 7.11 Å². The number of nitrogens with one attached hydrogen (secondary N) is 1. The summed E-state index contributed by atoms with van der Waals surface area (Å²) in [4.78, 5) is 30.9. The maximum Gasteiger partial charge on any atom is 0.252 e. The Balaban J connectivity index is 1.44. The number of nitrogens with zero attached hydrogens (tertiary/aromatic N) is 2. The predicted molar refractivity (Wildman–Crippen MR) is 125 cm³/mol. The van der Waals surface area contributed by atoms with E-state index in [0.29, 0.717) is 30.4 Å². The van der Waals surface area contributed by atoms with Crippen LogP contribution in [0.1, 0.15) is 54.1 Å². The van der Waals surface area contributed by atoms with E-state index >= 15 is 0 Å². The zero-order chi connectivity index (χ0) is 22.3. The molecule has 2 aromatic carbocycles. The van der Waals surface area contributed by atoms with E-state index in [2.05, 4.69) is 10.2 Å². The molecule has 1 N–H and O–H groups in total. The van der Waals surface area contributed by atoms with Crippen LogP contribution in [-0.2, 0) is 4.79 Å². The lowest BCUT2D eigenvalue weighted by molar-refractivity contribution is -0.135. The molecule has 6 nitrogen and oxygen atoms in total. The number of ether oxygens (including phenoxy) is 1. The van der Waals surface area contributed by atoms with Crippen molar-refractivity contribution in [2.45, 2.75) is 44.2 Å². The van der Waals surface area contributed by atoms with Gasteiger partial charge in [-0.2, -0.15) is 0 Å². The van der Waals surface area contributed by atoms with Gasteiger partial charge in [0.2, 0.25) is 5.91 Å². The van der Waals surface area contributed by atoms with Gasteiger partial charge in [0.1, 0.15) is 11.8 Å². The molecule has 1 saturated heterocycles. The van der Waals surface area contributed by atoms with Crippen LogP contribution < -0.4 is 10.1 Å². The Morgan fingerprint density at radius 3 is 2.19 bits per heavy atom. The topological polar surface area (TPSA) is 61.9 Å². The zero-order valence-electron chi connectivity index (χ0n) is 18.8. The summed E-state index contributed by atoms with van der Waals surface area (Å²) in [5, 5.41) is 2.97. The van der Waals surface area contributed by atoms with Gasteiger partial charge in [-0.3, -0.25) is 14.5 Å². The van der Waals surface area contributed by atoms with Crippen LogP contribution in [0.25, 0.3) is 0 Å². The maximum absolute atomic E-state index is 13.5. The van der Waals surface area contributed by atoms with Crippen molar-refractivity contribution in [1.82, 2.24) is 15.1 Å². The van der Waals surface area contributed by atoms with Crippen LogP contribution >= 0.6 is 0 Å². The molecule has 32 heavy (non-hydrogen) atoms. The third-order valence-corrected chi connectivity index (χ3v) is 6.72. The third kappa shape index (κ3) is 5.30. The van der Waals surface area contributed by atoms with Crippen LogP contribution in [0.5, 0.6) is 5.75 Å². The summed E-state index contributed by atoms with van der Waals surface area (Å²) in [5.74, 6) is 0.380. The number of hydrogen-bond donors (Lipinski definition) is 1. The van der Waals surface area contributed by atoms with Crippen LogP contribution in [0.4, 0.5) is 0 Å². The van der Waals surface area contributed by atoms with Crippen LogP contribution in [0.3, 0.4) is 0 Å². The second-order valence-corrected chi connectivity index (χ2v) is 8.70. The molecule has 0 unspecified atom stereocenters. The van der Waals surface area contributed by atoms with Gasteiger partial charge in [-0.25, -0.2) is 0 Å². The molecule has 0 spiro atoms. The van der Waals surface area contributed by atoms with Crippen LogP contribution in [-0.4, -0.2) is 60.9 Å². The molecule has 0 aromatic heterocycles. The number of methoxy groups -OCH3 is 1. The molecule has 0 radical (unpaired) electrons. The minimum Gasteiger partial charge on any atom is -0.497 e. The van der Waals surface area contributed by atoms with E-state index in [9.17, 15) is 9.59 Å². The molecule has 2 fully saturated rings. The van der Waals surface area contributed by atoms with Gasteiger partial charge in [0.25, 0.3) is 5.91 Å². The second-order valence-electron chi connectivity index (χ2n) is 8.70. The van der Waals surface area contributed by atoms with Crippen LogP contribution in [0.2, 0.25) is 0 Å². The monoisotopic (exact) mass is 435 g/mol. The SMILES string of the molecule is COc1ccc(C(=O)N[C@@H](C(=O)N2CCN(C3CCCCC3)CC2)c2ccccc2)cc1. The first-order valence-corrected chi connectivity index (χ1v) is 11.7. The fourth-order valence-corrected chi connectivity index (χ4v) is 4.83. The zero-order valence-corrected chi connectivity index (χ0v) is 18.8. The number of carbonyl (C=O) groups is 2. The van der Waals surface area contributed by atoms with Gasteiger partial charge in [0.15, 0.2) is 0 Å². The molecule has 2 amide bonds. The summed E-state index contributed by atoms with van der Waals surface area (Å²) >= 11 is 0. The Hall–Kier alpha value is -2.86. The average molecular weight is 436 g/mol. The van der Waals surface area contributed by atoms with Gasteiger partial charge in [0, 0.05) is 37.8 Å². The summed E-state index contributed by atoms with van der Waals surface area (Å²) in [6.45, 7) is 3.23. The normalized spacial score (nSPS) is 18.7. The van der Waals surface area contributed by atoms with Crippen molar-refractivity contribution in [2.75, 3.05) is 33.3 Å². The lowest BCUT2D eigenvalue weighted by Crippen LogP contribution is -2.54. The van der Waals surface area contributed by atoms with Crippen LogP contribution in [0.15, 0.2) is 54.6 Å². The minimum absolute atomic E-state index is 0.0404. The maximum atomic E-state index is 13.5. The van der Waals surface area contributed by atoms with E-state index in [1.54, 1.807) is 31.4 Å². The summed E-state index contributed by atoms with van der Waals surface area (Å²) in [6.07, 6.45) is 6.53. The van der Waals surface area contributed by atoms with Crippen molar-refractivity contribution in [2.24, 2.45) is 0 Å². The molecule has 1 atom stereocenters. The Bertz CT molecular complexity index is 886. The predicted octanol–water partition coefficient (Wildman–Crippen LogP) is 3.64. The largest absolute Gasteiger partial charge is 0.497 e. The molecule has 0 bridgehead atoms. The fraction of sp³-hybridized carbons (Fsp3) is 0.462. The number of piperazine rings is 1.